The molecule has 3 heteroatoms. The fourth-order valence-electron chi connectivity index (χ4n) is 1.84. The van der Waals surface area contributed by atoms with Crippen LogP contribution in [0.3, 0.4) is 0 Å². The fraction of sp³-hybridized carbons (Fsp3) is 0.600. The molecule has 0 atom stereocenters. The van der Waals surface area contributed by atoms with Gasteiger partial charge in [0.05, 0.1) is 0 Å². The van der Waals surface area contributed by atoms with Crippen LogP contribution in [0.5, 0.6) is 0 Å². The van der Waals surface area contributed by atoms with Crippen molar-refractivity contribution >= 4 is 0 Å². The van der Waals surface area contributed by atoms with E-state index in [4.69, 9.17) is 0 Å². The van der Waals surface area contributed by atoms with E-state index in [1.54, 1.807) is 6.07 Å². The molecule has 0 unspecified atom stereocenters. The minimum atomic E-state index is 0.115. The van der Waals surface area contributed by atoms with Crippen molar-refractivity contribution in [2.45, 2.75) is 39.2 Å². The van der Waals surface area contributed by atoms with E-state index in [-0.39, 0.29) is 5.56 Å². The Labute approximate surface area is 77.4 Å². The molecule has 2 heterocycles. The molecular weight excluding hydrogens is 164 g/mol. The number of rotatable bonds is 0. The van der Waals surface area contributed by atoms with Crippen molar-refractivity contribution < 1.29 is 0 Å². The first kappa shape index (κ1) is 8.48. The van der Waals surface area contributed by atoms with E-state index < -0.39 is 0 Å². The highest BCUT2D eigenvalue weighted by atomic mass is 16.1. The second-order valence-corrected chi connectivity index (χ2v) is 3.61. The Morgan fingerprint density at radius 1 is 1.38 bits per heavy atom. The first-order valence-corrected chi connectivity index (χ1v) is 4.85. The van der Waals surface area contributed by atoms with Crippen molar-refractivity contribution in [2.75, 3.05) is 0 Å². The Morgan fingerprint density at radius 2 is 2.23 bits per heavy atom. The maximum atomic E-state index is 11.6. The Morgan fingerprint density at radius 3 is 3.08 bits per heavy atom. The molecule has 2 rings (SSSR count). The monoisotopic (exact) mass is 178 g/mol. The normalized spacial score (nSPS) is 16.4. The molecule has 0 saturated carbocycles. The van der Waals surface area contributed by atoms with Gasteiger partial charge in [0.15, 0.2) is 0 Å². The molecule has 1 aromatic rings. The van der Waals surface area contributed by atoms with Crippen LogP contribution >= 0.6 is 0 Å². The zero-order valence-corrected chi connectivity index (χ0v) is 7.92. The molecule has 0 fully saturated rings. The number of hydrogen-bond acceptors (Lipinski definition) is 2. The molecule has 70 valence electrons. The first-order chi connectivity index (χ1) is 6.27. The highest BCUT2D eigenvalue weighted by molar-refractivity contribution is 5.03. The standard InChI is InChI=1S/C10H14N2O/c1-8-7-10(13)12-6-4-2-3-5-9(12)11-8/h7H,2-6H2,1H3. The molecule has 1 aliphatic rings. The van der Waals surface area contributed by atoms with Gasteiger partial charge in [0.1, 0.15) is 5.82 Å². The SMILES string of the molecule is Cc1cc(=O)n2c(n1)CCCCC2. The summed E-state index contributed by atoms with van der Waals surface area (Å²) >= 11 is 0. The number of aryl methyl sites for hydroxylation is 2. The molecule has 0 saturated heterocycles. The summed E-state index contributed by atoms with van der Waals surface area (Å²) in [6.07, 6.45) is 4.44. The van der Waals surface area contributed by atoms with Gasteiger partial charge in [-0.2, -0.15) is 0 Å². The van der Waals surface area contributed by atoms with E-state index in [0.29, 0.717) is 0 Å². The predicted molar refractivity (Wildman–Crippen MR) is 50.8 cm³/mol. The van der Waals surface area contributed by atoms with Gasteiger partial charge >= 0.3 is 0 Å². The molecule has 0 aliphatic carbocycles. The molecule has 0 aromatic carbocycles. The average molecular weight is 178 g/mol. The Hall–Kier alpha value is -1.12. The van der Waals surface area contributed by atoms with Crippen molar-refractivity contribution in [3.8, 4) is 0 Å². The molecule has 0 N–H and O–H groups in total. The van der Waals surface area contributed by atoms with Crippen molar-refractivity contribution in [3.05, 3.63) is 27.9 Å². The van der Waals surface area contributed by atoms with Crippen LogP contribution in [-0.4, -0.2) is 9.55 Å². The van der Waals surface area contributed by atoms with E-state index in [0.717, 1.165) is 37.3 Å². The Balaban J connectivity index is 2.53. The third-order valence-electron chi connectivity index (χ3n) is 2.50. The van der Waals surface area contributed by atoms with Gasteiger partial charge in [-0.25, -0.2) is 4.98 Å². The van der Waals surface area contributed by atoms with Gasteiger partial charge < -0.3 is 0 Å². The van der Waals surface area contributed by atoms with Crippen LogP contribution in [0, 0.1) is 6.92 Å². The van der Waals surface area contributed by atoms with E-state index in [1.807, 2.05) is 11.5 Å². The van der Waals surface area contributed by atoms with E-state index in [1.165, 1.54) is 6.42 Å². The van der Waals surface area contributed by atoms with Crippen LogP contribution in [-0.2, 0) is 13.0 Å². The van der Waals surface area contributed by atoms with Crippen LogP contribution in [0.25, 0.3) is 0 Å². The third-order valence-corrected chi connectivity index (χ3v) is 2.50. The average Bonchev–Trinajstić information content (AvgIpc) is 2.28. The van der Waals surface area contributed by atoms with Gasteiger partial charge in [-0.1, -0.05) is 6.42 Å². The second kappa shape index (κ2) is 3.32. The Bertz CT molecular complexity index is 368. The Kier molecular flexibility index (Phi) is 2.17. The number of nitrogens with zero attached hydrogens (tertiary/aromatic N) is 2. The summed E-state index contributed by atoms with van der Waals surface area (Å²) in [7, 11) is 0. The van der Waals surface area contributed by atoms with Gasteiger partial charge in [0.25, 0.3) is 5.56 Å². The minimum absolute atomic E-state index is 0.115. The summed E-state index contributed by atoms with van der Waals surface area (Å²) in [6.45, 7) is 2.73. The smallest absolute Gasteiger partial charge is 0.253 e. The molecule has 3 nitrogen and oxygen atoms in total. The summed E-state index contributed by atoms with van der Waals surface area (Å²) in [5, 5.41) is 0. The largest absolute Gasteiger partial charge is 0.297 e. The minimum Gasteiger partial charge on any atom is -0.297 e. The number of aromatic nitrogens is 2. The first-order valence-electron chi connectivity index (χ1n) is 4.85. The van der Waals surface area contributed by atoms with Gasteiger partial charge in [0, 0.05) is 24.7 Å². The maximum Gasteiger partial charge on any atom is 0.253 e. The zero-order valence-electron chi connectivity index (χ0n) is 7.92. The fourth-order valence-corrected chi connectivity index (χ4v) is 1.84. The molecule has 1 aromatic heterocycles. The van der Waals surface area contributed by atoms with Crippen molar-refractivity contribution in [3.63, 3.8) is 0 Å². The molecule has 0 spiro atoms. The summed E-state index contributed by atoms with van der Waals surface area (Å²) in [6, 6.07) is 1.62. The predicted octanol–water partition coefficient (Wildman–Crippen LogP) is 1.28. The van der Waals surface area contributed by atoms with E-state index >= 15 is 0 Å². The van der Waals surface area contributed by atoms with Crippen molar-refractivity contribution in [1.29, 1.82) is 0 Å². The van der Waals surface area contributed by atoms with Crippen LogP contribution in [0.2, 0.25) is 0 Å². The van der Waals surface area contributed by atoms with Crippen LogP contribution < -0.4 is 5.56 Å². The van der Waals surface area contributed by atoms with E-state index in [2.05, 4.69) is 4.98 Å². The van der Waals surface area contributed by atoms with Gasteiger partial charge in [0.2, 0.25) is 0 Å². The lowest BCUT2D eigenvalue weighted by atomic mass is 10.2. The molecule has 0 bridgehead atoms. The molecule has 0 radical (unpaired) electrons. The van der Waals surface area contributed by atoms with Gasteiger partial charge in [-0.05, 0) is 19.8 Å². The number of fused-ring (bicyclic) bond motifs is 1. The highest BCUT2D eigenvalue weighted by Gasteiger charge is 2.09. The quantitative estimate of drug-likeness (QED) is 0.599. The van der Waals surface area contributed by atoms with Gasteiger partial charge in [-0.3, -0.25) is 9.36 Å². The van der Waals surface area contributed by atoms with Crippen LogP contribution in [0.15, 0.2) is 10.9 Å². The van der Waals surface area contributed by atoms with Crippen molar-refractivity contribution in [1.82, 2.24) is 9.55 Å². The lowest BCUT2D eigenvalue weighted by molar-refractivity contribution is 0.606. The van der Waals surface area contributed by atoms with Crippen LogP contribution in [0.1, 0.15) is 30.8 Å². The maximum absolute atomic E-state index is 11.6. The molecule has 0 amide bonds. The molecule has 13 heavy (non-hydrogen) atoms. The lowest BCUT2D eigenvalue weighted by Crippen LogP contribution is -2.24. The number of hydrogen-bond donors (Lipinski definition) is 0. The highest BCUT2D eigenvalue weighted by Crippen LogP contribution is 2.10. The van der Waals surface area contributed by atoms with E-state index in [9.17, 15) is 4.79 Å². The topological polar surface area (TPSA) is 34.9 Å². The second-order valence-electron chi connectivity index (χ2n) is 3.61. The lowest BCUT2D eigenvalue weighted by Gasteiger charge is -2.07. The third kappa shape index (κ3) is 1.64. The summed E-state index contributed by atoms with van der Waals surface area (Å²) in [4.78, 5) is 16.0. The summed E-state index contributed by atoms with van der Waals surface area (Å²) in [5.41, 5.74) is 0.961. The molecule has 1 aliphatic heterocycles. The van der Waals surface area contributed by atoms with Gasteiger partial charge in [-0.15, -0.1) is 0 Å². The summed E-state index contributed by atoms with van der Waals surface area (Å²) < 4.78 is 1.82. The van der Waals surface area contributed by atoms with Crippen LogP contribution in [0.4, 0.5) is 0 Å². The van der Waals surface area contributed by atoms with Crippen molar-refractivity contribution in [2.24, 2.45) is 0 Å². The summed E-state index contributed by atoms with van der Waals surface area (Å²) in [5.74, 6) is 0.975. The molecular formula is C10H14N2O. The zero-order chi connectivity index (χ0) is 9.26.